The molecule has 0 radical (unpaired) electrons. The normalized spacial score (nSPS) is 17.2. The van der Waals surface area contributed by atoms with Crippen molar-refractivity contribution in [2.24, 2.45) is 0 Å². The number of methoxy groups -OCH3 is 1. The van der Waals surface area contributed by atoms with Crippen molar-refractivity contribution in [2.45, 2.75) is 24.9 Å². The number of rotatable bonds is 6. The molecule has 0 bridgehead atoms. The zero-order chi connectivity index (χ0) is 25.2. The molecule has 36 heavy (non-hydrogen) atoms. The monoisotopic (exact) mass is 501 g/mol. The number of amides is 1. The van der Waals surface area contributed by atoms with Crippen LogP contribution in [-0.2, 0) is 4.79 Å². The first-order valence-electron chi connectivity index (χ1n) is 11.6. The molecule has 1 saturated heterocycles. The van der Waals surface area contributed by atoms with Gasteiger partial charge in [-0.25, -0.2) is 9.48 Å². The minimum absolute atomic E-state index is 0.162. The lowest BCUT2D eigenvalue weighted by atomic mass is 10.0. The first-order chi connectivity index (χ1) is 17.5. The lowest BCUT2D eigenvalue weighted by Crippen LogP contribution is -2.42. The average molecular weight is 502 g/mol. The Kier molecular flexibility index (Phi) is 6.48. The maximum atomic E-state index is 13.9. The van der Waals surface area contributed by atoms with E-state index < -0.39 is 24.0 Å². The van der Waals surface area contributed by atoms with Gasteiger partial charge in [-0.1, -0.05) is 60.1 Å². The van der Waals surface area contributed by atoms with Crippen LogP contribution in [0, 0.1) is 0 Å². The zero-order valence-corrected chi connectivity index (χ0v) is 20.3. The fraction of sp³-hybridized carbons (Fsp3) is 0.179. The predicted molar refractivity (Wildman–Crippen MR) is 137 cm³/mol. The highest BCUT2D eigenvalue weighted by Crippen LogP contribution is 2.40. The SMILES string of the molecule is COc1ccc(-n2nc(C(=O)N3[C@@H](c4ccccc4Cl)CC[C@H]3C(=O)O)cc2-c2ccccc2)cc1. The van der Waals surface area contributed by atoms with E-state index in [4.69, 9.17) is 16.3 Å². The van der Waals surface area contributed by atoms with Crippen LogP contribution in [0.5, 0.6) is 5.75 Å². The maximum absolute atomic E-state index is 13.9. The molecule has 2 atom stereocenters. The molecule has 0 saturated carbocycles. The van der Waals surface area contributed by atoms with Gasteiger partial charge in [-0.3, -0.25) is 4.79 Å². The molecule has 1 aromatic heterocycles. The number of hydrogen-bond acceptors (Lipinski definition) is 4. The van der Waals surface area contributed by atoms with Gasteiger partial charge in [-0.05, 0) is 54.8 Å². The summed E-state index contributed by atoms with van der Waals surface area (Å²) >= 11 is 6.45. The van der Waals surface area contributed by atoms with Gasteiger partial charge in [0.1, 0.15) is 11.8 Å². The van der Waals surface area contributed by atoms with Crippen LogP contribution in [0.25, 0.3) is 16.9 Å². The first kappa shape index (κ1) is 23.6. The summed E-state index contributed by atoms with van der Waals surface area (Å²) in [6.45, 7) is 0. The number of benzene rings is 3. The molecule has 182 valence electrons. The molecule has 5 rings (SSSR count). The number of aliphatic carboxylic acids is 1. The van der Waals surface area contributed by atoms with Gasteiger partial charge in [0.15, 0.2) is 5.69 Å². The molecular formula is C28H24ClN3O4. The smallest absolute Gasteiger partial charge is 0.326 e. The van der Waals surface area contributed by atoms with Crippen LogP contribution in [0.2, 0.25) is 5.02 Å². The van der Waals surface area contributed by atoms with Crippen LogP contribution in [-0.4, -0.2) is 44.8 Å². The summed E-state index contributed by atoms with van der Waals surface area (Å²) in [6, 6.07) is 24.5. The van der Waals surface area contributed by atoms with Gasteiger partial charge in [0.05, 0.1) is 24.5 Å². The molecule has 1 aliphatic heterocycles. The third kappa shape index (κ3) is 4.33. The van der Waals surface area contributed by atoms with E-state index >= 15 is 0 Å². The Hall–Kier alpha value is -4.10. The Bertz CT molecular complexity index is 1400. The molecule has 0 aliphatic carbocycles. The summed E-state index contributed by atoms with van der Waals surface area (Å²) in [5.74, 6) is -0.794. The molecule has 1 N–H and O–H groups in total. The van der Waals surface area contributed by atoms with Gasteiger partial charge >= 0.3 is 5.97 Å². The van der Waals surface area contributed by atoms with Crippen LogP contribution >= 0.6 is 11.6 Å². The summed E-state index contributed by atoms with van der Waals surface area (Å²) in [5, 5.41) is 15.1. The fourth-order valence-electron chi connectivity index (χ4n) is 4.74. The molecule has 0 unspecified atom stereocenters. The van der Waals surface area contributed by atoms with Gasteiger partial charge in [0.25, 0.3) is 5.91 Å². The van der Waals surface area contributed by atoms with Crippen molar-refractivity contribution in [3.63, 3.8) is 0 Å². The quantitative estimate of drug-likeness (QED) is 0.370. The highest BCUT2D eigenvalue weighted by Gasteiger charge is 2.43. The van der Waals surface area contributed by atoms with Gasteiger partial charge < -0.3 is 14.7 Å². The van der Waals surface area contributed by atoms with E-state index in [0.717, 1.165) is 16.8 Å². The summed E-state index contributed by atoms with van der Waals surface area (Å²) in [4.78, 5) is 27.4. The number of likely N-dealkylation sites (tertiary alicyclic amines) is 1. The standard InChI is InChI=1S/C28H24ClN3O4/c1-36-20-13-11-19(12-14-20)32-26(18-7-3-2-4-8-18)17-23(30-32)27(33)31-24(15-16-25(31)28(34)35)21-9-5-6-10-22(21)29/h2-14,17,24-25H,15-16H2,1H3,(H,34,35)/t24-,25+/m1/s1. The number of carbonyl (C=O) groups is 2. The summed E-state index contributed by atoms with van der Waals surface area (Å²) in [6.07, 6.45) is 0.832. The number of nitrogens with zero attached hydrogens (tertiary/aromatic N) is 3. The van der Waals surface area contributed by atoms with Crippen molar-refractivity contribution in [1.82, 2.24) is 14.7 Å². The zero-order valence-electron chi connectivity index (χ0n) is 19.5. The summed E-state index contributed by atoms with van der Waals surface area (Å²) in [5.41, 5.74) is 3.22. The highest BCUT2D eigenvalue weighted by molar-refractivity contribution is 6.31. The van der Waals surface area contributed by atoms with Gasteiger partial charge in [0, 0.05) is 10.6 Å². The second-order valence-electron chi connectivity index (χ2n) is 8.57. The topological polar surface area (TPSA) is 84.7 Å². The van der Waals surface area contributed by atoms with Gasteiger partial charge in [-0.15, -0.1) is 0 Å². The third-order valence-electron chi connectivity index (χ3n) is 6.48. The molecule has 7 nitrogen and oxygen atoms in total. The van der Waals surface area contributed by atoms with Crippen molar-refractivity contribution < 1.29 is 19.4 Å². The fourth-order valence-corrected chi connectivity index (χ4v) is 5.00. The van der Waals surface area contributed by atoms with E-state index in [1.807, 2.05) is 72.8 Å². The molecule has 1 amide bonds. The summed E-state index contributed by atoms with van der Waals surface area (Å²) < 4.78 is 6.96. The minimum Gasteiger partial charge on any atom is -0.497 e. The number of carboxylic acids is 1. The van der Waals surface area contributed by atoms with E-state index in [2.05, 4.69) is 5.10 Å². The van der Waals surface area contributed by atoms with Crippen molar-refractivity contribution in [3.8, 4) is 22.7 Å². The number of halogens is 1. The number of ether oxygens (including phenoxy) is 1. The molecule has 1 fully saturated rings. The Morgan fingerprint density at radius 2 is 1.67 bits per heavy atom. The van der Waals surface area contributed by atoms with Crippen LogP contribution in [0.3, 0.4) is 0 Å². The lowest BCUT2D eigenvalue weighted by Gasteiger charge is -2.28. The van der Waals surface area contributed by atoms with Crippen molar-refractivity contribution in [2.75, 3.05) is 7.11 Å². The van der Waals surface area contributed by atoms with E-state index in [9.17, 15) is 14.7 Å². The number of carboxylic acid groups (broad SMARTS) is 1. The van der Waals surface area contributed by atoms with E-state index in [-0.39, 0.29) is 5.69 Å². The van der Waals surface area contributed by atoms with Crippen LogP contribution < -0.4 is 4.74 Å². The van der Waals surface area contributed by atoms with Crippen molar-refractivity contribution >= 4 is 23.5 Å². The number of hydrogen-bond donors (Lipinski definition) is 1. The number of carbonyl (C=O) groups excluding carboxylic acids is 1. The Morgan fingerprint density at radius 3 is 2.33 bits per heavy atom. The van der Waals surface area contributed by atoms with Crippen LogP contribution in [0.1, 0.15) is 34.9 Å². The average Bonchev–Trinajstić information content (AvgIpc) is 3.55. The molecular weight excluding hydrogens is 478 g/mol. The molecule has 2 heterocycles. The minimum atomic E-state index is -1.05. The first-order valence-corrected chi connectivity index (χ1v) is 12.0. The second-order valence-corrected chi connectivity index (χ2v) is 8.98. The lowest BCUT2D eigenvalue weighted by molar-refractivity contribution is -0.141. The van der Waals surface area contributed by atoms with Gasteiger partial charge in [0.2, 0.25) is 0 Å². The molecule has 0 spiro atoms. The Morgan fingerprint density at radius 1 is 0.972 bits per heavy atom. The highest BCUT2D eigenvalue weighted by atomic mass is 35.5. The maximum Gasteiger partial charge on any atom is 0.326 e. The second kappa shape index (κ2) is 9.87. The Balaban J connectivity index is 1.60. The van der Waals surface area contributed by atoms with E-state index in [0.29, 0.717) is 29.3 Å². The molecule has 8 heteroatoms. The molecule has 1 aliphatic rings. The molecule has 3 aromatic carbocycles. The summed E-state index contributed by atoms with van der Waals surface area (Å²) in [7, 11) is 1.60. The van der Waals surface area contributed by atoms with Crippen LogP contribution in [0.4, 0.5) is 0 Å². The van der Waals surface area contributed by atoms with Crippen molar-refractivity contribution in [3.05, 3.63) is 101 Å². The Labute approximate surface area is 213 Å². The van der Waals surface area contributed by atoms with E-state index in [1.165, 1.54) is 4.90 Å². The molecule has 4 aromatic rings. The number of aromatic nitrogens is 2. The largest absolute Gasteiger partial charge is 0.497 e. The van der Waals surface area contributed by atoms with Crippen molar-refractivity contribution in [1.29, 1.82) is 0 Å². The van der Waals surface area contributed by atoms with Gasteiger partial charge in [-0.2, -0.15) is 5.10 Å². The third-order valence-corrected chi connectivity index (χ3v) is 6.83. The van der Waals surface area contributed by atoms with E-state index in [1.54, 1.807) is 23.9 Å². The predicted octanol–water partition coefficient (Wildman–Crippen LogP) is 5.63. The van der Waals surface area contributed by atoms with Crippen LogP contribution in [0.15, 0.2) is 84.9 Å².